The number of carbonyl (C=O) groups is 4. The zero-order valence-corrected chi connectivity index (χ0v) is 26.6. The molecule has 0 aliphatic carbocycles. The molecule has 0 saturated carbocycles. The van der Waals surface area contributed by atoms with Crippen molar-refractivity contribution < 1.29 is 33.8 Å². The van der Waals surface area contributed by atoms with Gasteiger partial charge in [0.15, 0.2) is 6.10 Å². The van der Waals surface area contributed by atoms with Gasteiger partial charge in [0.25, 0.3) is 5.91 Å². The molecule has 4 rings (SSSR count). The Labute approximate surface area is 275 Å². The standard InChI is InChI=1S/C36H44N4O7/c1-25(38-36(45)47-24-29-15-9-4-10-16-29)33(42)40-31(22-27-17-19-46-20-18-27)34(43)39-30(21-26-11-5-2-6-12-26)32(41)35(44)37-23-28-13-7-3-8-14-28/h2-16,25,27,30-32,41H,17-24H2,1H3,(H,37,44)(H,38,45)(H,39,43)(H,40,42)/t25-,30-,31?,32?/m0/s1. The fourth-order valence-electron chi connectivity index (χ4n) is 5.32. The summed E-state index contributed by atoms with van der Waals surface area (Å²) in [5.41, 5.74) is 2.47. The molecular weight excluding hydrogens is 600 g/mol. The van der Waals surface area contributed by atoms with E-state index in [-0.39, 0.29) is 25.5 Å². The zero-order chi connectivity index (χ0) is 33.4. The number of rotatable bonds is 15. The number of hydrogen-bond donors (Lipinski definition) is 5. The molecule has 1 aliphatic heterocycles. The van der Waals surface area contributed by atoms with Crippen LogP contribution >= 0.6 is 0 Å². The summed E-state index contributed by atoms with van der Waals surface area (Å²) in [7, 11) is 0. The average Bonchev–Trinajstić information content (AvgIpc) is 3.10. The fourth-order valence-corrected chi connectivity index (χ4v) is 5.32. The quantitative estimate of drug-likeness (QED) is 0.170. The maximum Gasteiger partial charge on any atom is 0.408 e. The molecule has 0 spiro atoms. The van der Waals surface area contributed by atoms with Gasteiger partial charge in [-0.3, -0.25) is 14.4 Å². The molecule has 5 N–H and O–H groups in total. The van der Waals surface area contributed by atoms with Crippen LogP contribution < -0.4 is 21.3 Å². The topological polar surface area (TPSA) is 155 Å². The molecular formula is C36H44N4O7. The molecule has 0 aromatic heterocycles. The highest BCUT2D eigenvalue weighted by atomic mass is 16.5. The smallest absolute Gasteiger partial charge is 0.408 e. The van der Waals surface area contributed by atoms with Gasteiger partial charge in [0, 0.05) is 19.8 Å². The Kier molecular flexibility index (Phi) is 13.8. The second-order valence-corrected chi connectivity index (χ2v) is 11.7. The highest BCUT2D eigenvalue weighted by molar-refractivity contribution is 5.91. The predicted octanol–water partition coefficient (Wildman–Crippen LogP) is 3.01. The molecule has 4 atom stereocenters. The van der Waals surface area contributed by atoms with Crippen LogP contribution in [0.5, 0.6) is 0 Å². The van der Waals surface area contributed by atoms with Crippen molar-refractivity contribution in [3.8, 4) is 0 Å². The van der Waals surface area contributed by atoms with Gasteiger partial charge in [-0.05, 0) is 55.2 Å². The predicted molar refractivity (Wildman–Crippen MR) is 176 cm³/mol. The molecule has 11 heteroatoms. The van der Waals surface area contributed by atoms with Crippen LogP contribution in [0.2, 0.25) is 0 Å². The molecule has 0 radical (unpaired) electrons. The first-order valence-electron chi connectivity index (χ1n) is 16.0. The highest BCUT2D eigenvalue weighted by Crippen LogP contribution is 2.21. The van der Waals surface area contributed by atoms with E-state index in [0.717, 1.165) is 29.5 Å². The number of aliphatic hydroxyl groups is 1. The number of ether oxygens (including phenoxy) is 2. The van der Waals surface area contributed by atoms with Crippen LogP contribution in [0, 0.1) is 5.92 Å². The van der Waals surface area contributed by atoms with Gasteiger partial charge < -0.3 is 35.8 Å². The first-order chi connectivity index (χ1) is 22.8. The molecule has 4 amide bonds. The summed E-state index contributed by atoms with van der Waals surface area (Å²) >= 11 is 0. The van der Waals surface area contributed by atoms with Gasteiger partial charge in [-0.1, -0.05) is 91.0 Å². The van der Waals surface area contributed by atoms with Crippen LogP contribution in [0.15, 0.2) is 91.0 Å². The second kappa shape index (κ2) is 18.4. The summed E-state index contributed by atoms with van der Waals surface area (Å²) in [6, 6.07) is 24.7. The summed E-state index contributed by atoms with van der Waals surface area (Å²) in [6.45, 7) is 2.86. The minimum Gasteiger partial charge on any atom is -0.445 e. The van der Waals surface area contributed by atoms with Gasteiger partial charge in [0.1, 0.15) is 18.7 Å². The Bertz CT molecular complexity index is 1420. The van der Waals surface area contributed by atoms with Gasteiger partial charge in [-0.15, -0.1) is 0 Å². The minimum atomic E-state index is -1.57. The lowest BCUT2D eigenvalue weighted by atomic mass is 9.91. The molecule has 1 saturated heterocycles. The van der Waals surface area contributed by atoms with Crippen LogP contribution in [0.1, 0.15) is 42.9 Å². The van der Waals surface area contributed by atoms with E-state index in [1.807, 2.05) is 91.0 Å². The minimum absolute atomic E-state index is 0.0415. The third-order valence-electron chi connectivity index (χ3n) is 8.07. The first kappa shape index (κ1) is 35.1. The number of aliphatic hydroxyl groups excluding tert-OH is 1. The maximum absolute atomic E-state index is 13.9. The van der Waals surface area contributed by atoms with Crippen molar-refractivity contribution in [2.24, 2.45) is 5.92 Å². The Balaban J connectivity index is 1.43. The largest absolute Gasteiger partial charge is 0.445 e. The van der Waals surface area contributed by atoms with Gasteiger partial charge >= 0.3 is 6.09 Å². The van der Waals surface area contributed by atoms with E-state index in [1.165, 1.54) is 6.92 Å². The van der Waals surface area contributed by atoms with Crippen molar-refractivity contribution in [1.82, 2.24) is 21.3 Å². The zero-order valence-electron chi connectivity index (χ0n) is 26.6. The van der Waals surface area contributed by atoms with E-state index in [2.05, 4.69) is 21.3 Å². The van der Waals surface area contributed by atoms with Gasteiger partial charge in [0.2, 0.25) is 11.8 Å². The Morgan fingerprint density at radius 1 is 0.766 bits per heavy atom. The lowest BCUT2D eigenvalue weighted by Gasteiger charge is -2.30. The second-order valence-electron chi connectivity index (χ2n) is 11.7. The van der Waals surface area contributed by atoms with E-state index in [1.54, 1.807) is 0 Å². The Morgan fingerprint density at radius 3 is 1.96 bits per heavy atom. The van der Waals surface area contributed by atoms with Crippen molar-refractivity contribution in [2.45, 2.75) is 70.0 Å². The number of alkyl carbamates (subject to hydrolysis) is 1. The summed E-state index contributed by atoms with van der Waals surface area (Å²) in [5.74, 6) is -1.65. The van der Waals surface area contributed by atoms with E-state index in [9.17, 15) is 24.3 Å². The van der Waals surface area contributed by atoms with Crippen LogP contribution in [-0.2, 0) is 43.4 Å². The number of hydrogen-bond acceptors (Lipinski definition) is 7. The summed E-state index contributed by atoms with van der Waals surface area (Å²) in [5, 5.41) is 22.1. The van der Waals surface area contributed by atoms with Gasteiger partial charge in [-0.25, -0.2) is 4.79 Å². The third kappa shape index (κ3) is 11.8. The molecule has 47 heavy (non-hydrogen) atoms. The monoisotopic (exact) mass is 644 g/mol. The first-order valence-corrected chi connectivity index (χ1v) is 16.0. The molecule has 250 valence electrons. The third-order valence-corrected chi connectivity index (χ3v) is 8.07. The van der Waals surface area contributed by atoms with Gasteiger partial charge in [0.05, 0.1) is 6.04 Å². The lowest BCUT2D eigenvalue weighted by Crippen LogP contribution is -2.58. The Hall–Kier alpha value is -4.74. The highest BCUT2D eigenvalue weighted by Gasteiger charge is 2.33. The average molecular weight is 645 g/mol. The number of amides is 4. The fraction of sp³-hybridized carbons (Fsp3) is 0.389. The molecule has 1 heterocycles. The van der Waals surface area contributed by atoms with Crippen molar-refractivity contribution in [3.05, 3.63) is 108 Å². The normalized spacial score (nSPS) is 15.7. The van der Waals surface area contributed by atoms with E-state index < -0.39 is 48.0 Å². The van der Waals surface area contributed by atoms with Crippen molar-refractivity contribution in [1.29, 1.82) is 0 Å². The molecule has 0 bridgehead atoms. The van der Waals surface area contributed by atoms with Crippen LogP contribution in [0.3, 0.4) is 0 Å². The molecule has 2 unspecified atom stereocenters. The van der Waals surface area contributed by atoms with Crippen LogP contribution in [0.25, 0.3) is 0 Å². The van der Waals surface area contributed by atoms with E-state index in [0.29, 0.717) is 19.6 Å². The van der Waals surface area contributed by atoms with E-state index in [4.69, 9.17) is 9.47 Å². The SMILES string of the molecule is C[C@H](NC(=O)OCc1ccccc1)C(=O)NC(CC1CCOCC1)C(=O)N[C@@H](Cc1ccccc1)C(O)C(=O)NCc1ccccc1. The van der Waals surface area contributed by atoms with Crippen LogP contribution in [0.4, 0.5) is 4.79 Å². The number of benzene rings is 3. The molecule has 3 aromatic carbocycles. The van der Waals surface area contributed by atoms with Gasteiger partial charge in [-0.2, -0.15) is 0 Å². The number of nitrogens with one attached hydrogen (secondary N) is 4. The lowest BCUT2D eigenvalue weighted by molar-refractivity contribution is -0.134. The summed E-state index contributed by atoms with van der Waals surface area (Å²) in [4.78, 5) is 52.6. The summed E-state index contributed by atoms with van der Waals surface area (Å²) < 4.78 is 10.7. The maximum atomic E-state index is 13.9. The number of carbonyl (C=O) groups excluding carboxylic acids is 4. The summed E-state index contributed by atoms with van der Waals surface area (Å²) in [6.07, 6.45) is -0.401. The van der Waals surface area contributed by atoms with Crippen molar-refractivity contribution in [3.63, 3.8) is 0 Å². The van der Waals surface area contributed by atoms with E-state index >= 15 is 0 Å². The molecule has 1 aliphatic rings. The molecule has 1 fully saturated rings. The van der Waals surface area contributed by atoms with Crippen molar-refractivity contribution in [2.75, 3.05) is 13.2 Å². The molecule has 3 aromatic rings. The Morgan fingerprint density at radius 2 is 1.34 bits per heavy atom. The van der Waals surface area contributed by atoms with Crippen molar-refractivity contribution >= 4 is 23.8 Å². The molecule has 11 nitrogen and oxygen atoms in total. The van der Waals surface area contributed by atoms with Crippen LogP contribution in [-0.4, -0.2) is 66.4 Å².